The van der Waals surface area contributed by atoms with E-state index in [4.69, 9.17) is 14.2 Å². The first-order chi connectivity index (χ1) is 14.7. The van der Waals surface area contributed by atoms with Crippen LogP contribution in [-0.2, 0) is 17.8 Å². The van der Waals surface area contributed by atoms with Crippen LogP contribution in [0.1, 0.15) is 30.0 Å². The monoisotopic (exact) mass is 412 g/mol. The maximum atomic E-state index is 6.13. The lowest BCUT2D eigenvalue weighted by atomic mass is 10.1. The Morgan fingerprint density at radius 1 is 1.20 bits per heavy atom. The van der Waals surface area contributed by atoms with E-state index in [1.807, 2.05) is 19.1 Å². The quantitative estimate of drug-likeness (QED) is 0.487. The molecule has 30 heavy (non-hydrogen) atoms. The number of nitrogens with zero attached hydrogens (tertiary/aromatic N) is 2. The highest BCUT2D eigenvalue weighted by Crippen LogP contribution is 2.22. The molecular weight excluding hydrogens is 380 g/mol. The number of hydrogen-bond acceptors (Lipinski definition) is 5. The van der Waals surface area contributed by atoms with E-state index in [0.717, 1.165) is 36.5 Å². The Kier molecular flexibility index (Phi) is 8.32. The van der Waals surface area contributed by atoms with Gasteiger partial charge in [-0.25, -0.2) is 4.98 Å². The van der Waals surface area contributed by atoms with E-state index in [2.05, 4.69) is 45.7 Å². The molecule has 0 saturated carbocycles. The number of hydrogen-bond donors (Lipinski definition) is 2. The predicted molar refractivity (Wildman–Crippen MR) is 118 cm³/mol. The summed E-state index contributed by atoms with van der Waals surface area (Å²) in [7, 11) is 1.76. The standard InChI is InChI=1S/C23H32N4O3/c1-4-29-22-20(6-5-10-25-22)14-27-23(24-3)26-13-19-8-7-17(2)12-21(19)30-16-18-9-11-28-15-18/h5-8,10,12,18H,4,9,11,13-16H2,1-3H3,(H2,24,26,27). The Morgan fingerprint density at radius 3 is 2.77 bits per heavy atom. The lowest BCUT2D eigenvalue weighted by Crippen LogP contribution is -2.36. The maximum Gasteiger partial charge on any atom is 0.218 e. The number of aromatic nitrogens is 1. The molecule has 7 heteroatoms. The summed E-state index contributed by atoms with van der Waals surface area (Å²) in [4.78, 5) is 8.62. The van der Waals surface area contributed by atoms with Gasteiger partial charge in [-0.15, -0.1) is 0 Å². The third-order valence-electron chi connectivity index (χ3n) is 4.97. The van der Waals surface area contributed by atoms with Gasteiger partial charge in [-0.1, -0.05) is 18.2 Å². The molecule has 0 aliphatic carbocycles. The highest BCUT2D eigenvalue weighted by Gasteiger charge is 2.17. The zero-order valence-corrected chi connectivity index (χ0v) is 18.1. The van der Waals surface area contributed by atoms with Crippen molar-refractivity contribution in [3.63, 3.8) is 0 Å². The van der Waals surface area contributed by atoms with Crippen molar-refractivity contribution in [1.29, 1.82) is 0 Å². The summed E-state index contributed by atoms with van der Waals surface area (Å²) in [6.45, 7) is 8.10. The average Bonchev–Trinajstić information content (AvgIpc) is 3.28. The van der Waals surface area contributed by atoms with Gasteiger partial charge in [0.25, 0.3) is 0 Å². The smallest absolute Gasteiger partial charge is 0.218 e. The summed E-state index contributed by atoms with van der Waals surface area (Å²) in [5, 5.41) is 6.69. The van der Waals surface area contributed by atoms with Crippen LogP contribution in [0, 0.1) is 12.8 Å². The fraction of sp³-hybridized carbons (Fsp3) is 0.478. The molecule has 1 aromatic carbocycles. The van der Waals surface area contributed by atoms with Gasteiger partial charge in [0.05, 0.1) is 19.8 Å². The molecule has 2 heterocycles. The van der Waals surface area contributed by atoms with E-state index in [-0.39, 0.29) is 0 Å². The van der Waals surface area contributed by atoms with Crippen molar-refractivity contribution in [2.75, 3.05) is 33.5 Å². The van der Waals surface area contributed by atoms with Gasteiger partial charge in [0, 0.05) is 50.0 Å². The van der Waals surface area contributed by atoms with Crippen LogP contribution in [0.15, 0.2) is 41.5 Å². The minimum Gasteiger partial charge on any atom is -0.493 e. The molecule has 0 bridgehead atoms. The van der Waals surface area contributed by atoms with E-state index in [9.17, 15) is 0 Å². The summed E-state index contributed by atoms with van der Waals surface area (Å²) >= 11 is 0. The summed E-state index contributed by atoms with van der Waals surface area (Å²) < 4.78 is 17.2. The molecule has 1 aromatic heterocycles. The van der Waals surface area contributed by atoms with Crippen LogP contribution >= 0.6 is 0 Å². The molecule has 3 rings (SSSR count). The first-order valence-electron chi connectivity index (χ1n) is 10.5. The minimum absolute atomic E-state index is 0.472. The van der Waals surface area contributed by atoms with Crippen LogP contribution in [0.2, 0.25) is 0 Å². The Labute approximate surface area is 178 Å². The summed E-state index contributed by atoms with van der Waals surface area (Å²) in [6.07, 6.45) is 2.80. The number of nitrogens with one attached hydrogen (secondary N) is 2. The lowest BCUT2D eigenvalue weighted by molar-refractivity contribution is 0.166. The van der Waals surface area contributed by atoms with Gasteiger partial charge in [0.2, 0.25) is 5.88 Å². The molecule has 2 aromatic rings. The third-order valence-corrected chi connectivity index (χ3v) is 4.97. The van der Waals surface area contributed by atoms with Crippen molar-refractivity contribution < 1.29 is 14.2 Å². The van der Waals surface area contributed by atoms with Gasteiger partial charge in [0.1, 0.15) is 5.75 Å². The second-order valence-electron chi connectivity index (χ2n) is 7.33. The van der Waals surface area contributed by atoms with Gasteiger partial charge < -0.3 is 24.8 Å². The zero-order chi connectivity index (χ0) is 21.2. The van der Waals surface area contributed by atoms with Crippen molar-refractivity contribution in [2.24, 2.45) is 10.9 Å². The summed E-state index contributed by atoms with van der Waals surface area (Å²) in [5.74, 6) is 2.74. The molecule has 0 spiro atoms. The van der Waals surface area contributed by atoms with E-state index >= 15 is 0 Å². The topological polar surface area (TPSA) is 77.0 Å². The largest absolute Gasteiger partial charge is 0.493 e. The first kappa shape index (κ1) is 21.9. The van der Waals surface area contributed by atoms with Gasteiger partial charge in [-0.2, -0.15) is 0 Å². The molecule has 1 fully saturated rings. The molecule has 7 nitrogen and oxygen atoms in total. The van der Waals surface area contributed by atoms with Crippen molar-refractivity contribution in [2.45, 2.75) is 33.4 Å². The number of benzene rings is 1. The number of ether oxygens (including phenoxy) is 3. The van der Waals surface area contributed by atoms with Gasteiger partial charge in [0.15, 0.2) is 5.96 Å². The molecule has 1 aliphatic heterocycles. The van der Waals surface area contributed by atoms with Gasteiger partial charge in [-0.05, 0) is 38.0 Å². The van der Waals surface area contributed by atoms with Crippen LogP contribution in [0.3, 0.4) is 0 Å². The molecule has 1 atom stereocenters. The minimum atomic E-state index is 0.472. The number of aliphatic imine (C=N–C) groups is 1. The van der Waals surface area contributed by atoms with Crippen LogP contribution < -0.4 is 20.1 Å². The zero-order valence-electron chi connectivity index (χ0n) is 18.1. The maximum absolute atomic E-state index is 6.13. The second-order valence-corrected chi connectivity index (χ2v) is 7.33. The summed E-state index contributed by atoms with van der Waals surface area (Å²) in [6, 6.07) is 10.2. The van der Waals surface area contributed by atoms with Crippen LogP contribution in [0.5, 0.6) is 11.6 Å². The number of guanidine groups is 1. The van der Waals surface area contributed by atoms with Gasteiger partial charge in [-0.3, -0.25) is 4.99 Å². The Bertz CT molecular complexity index is 835. The van der Waals surface area contributed by atoms with Crippen LogP contribution in [-0.4, -0.2) is 44.4 Å². The van der Waals surface area contributed by atoms with E-state index in [1.165, 1.54) is 5.56 Å². The number of aryl methyl sites for hydroxylation is 1. The van der Waals surface area contributed by atoms with E-state index in [0.29, 0.717) is 44.1 Å². The van der Waals surface area contributed by atoms with E-state index < -0.39 is 0 Å². The Morgan fingerprint density at radius 2 is 2.03 bits per heavy atom. The van der Waals surface area contributed by atoms with Crippen molar-refractivity contribution in [3.05, 3.63) is 53.2 Å². The average molecular weight is 413 g/mol. The molecular formula is C23H32N4O3. The normalized spacial score (nSPS) is 16.4. The van der Waals surface area contributed by atoms with Crippen LogP contribution in [0.25, 0.3) is 0 Å². The van der Waals surface area contributed by atoms with Crippen molar-refractivity contribution in [3.8, 4) is 11.6 Å². The summed E-state index contributed by atoms with van der Waals surface area (Å²) in [5.41, 5.74) is 3.26. The van der Waals surface area contributed by atoms with Crippen LogP contribution in [0.4, 0.5) is 0 Å². The SMILES string of the molecule is CCOc1ncccc1CNC(=NC)NCc1ccc(C)cc1OCC1CCOC1. The third kappa shape index (κ3) is 6.35. The molecule has 2 N–H and O–H groups in total. The number of pyridine rings is 1. The molecule has 1 aliphatic rings. The van der Waals surface area contributed by atoms with Gasteiger partial charge >= 0.3 is 0 Å². The Hall–Kier alpha value is -2.80. The Balaban J connectivity index is 1.56. The predicted octanol–water partition coefficient (Wildman–Crippen LogP) is 3.07. The van der Waals surface area contributed by atoms with Crippen molar-refractivity contribution in [1.82, 2.24) is 15.6 Å². The fourth-order valence-electron chi connectivity index (χ4n) is 3.27. The molecule has 1 unspecified atom stereocenters. The molecule has 0 radical (unpaired) electrons. The lowest BCUT2D eigenvalue weighted by Gasteiger charge is -2.17. The fourth-order valence-corrected chi connectivity index (χ4v) is 3.27. The van der Waals surface area contributed by atoms with E-state index in [1.54, 1.807) is 13.2 Å². The molecule has 0 amide bonds. The highest BCUT2D eigenvalue weighted by atomic mass is 16.5. The highest BCUT2D eigenvalue weighted by molar-refractivity contribution is 5.79. The second kappa shape index (κ2) is 11.4. The first-order valence-corrected chi connectivity index (χ1v) is 10.5. The number of rotatable bonds is 9. The van der Waals surface area contributed by atoms with Crippen molar-refractivity contribution >= 4 is 5.96 Å². The molecule has 162 valence electrons. The molecule has 1 saturated heterocycles.